The monoisotopic (exact) mass is 314 g/mol. The molecule has 2 rings (SSSR count). The number of carbonyl (C=O) groups is 2. The fraction of sp³-hybridized carbons (Fsp3) is 0.467. The summed E-state index contributed by atoms with van der Waals surface area (Å²) >= 11 is 0. The Balaban J connectivity index is 2.20. The first kappa shape index (κ1) is 16.3. The molecule has 1 aliphatic rings. The molecule has 0 aromatic heterocycles. The summed E-state index contributed by atoms with van der Waals surface area (Å²) in [5.41, 5.74) is -0.957. The molecule has 0 unspecified atom stereocenters. The molecule has 0 radical (unpaired) electrons. The van der Waals surface area contributed by atoms with Crippen molar-refractivity contribution < 1.29 is 22.8 Å². The maximum atomic E-state index is 13.6. The highest BCUT2D eigenvalue weighted by molar-refractivity contribution is 5.95. The lowest BCUT2D eigenvalue weighted by atomic mass is 9.83. The summed E-state index contributed by atoms with van der Waals surface area (Å²) in [6.45, 7) is 0. The minimum absolute atomic E-state index is 0.231. The third-order valence-electron chi connectivity index (χ3n) is 3.94. The zero-order valence-electron chi connectivity index (χ0n) is 12.1. The molecule has 1 aromatic rings. The first-order valence-electron chi connectivity index (χ1n) is 7.11. The molecule has 0 aliphatic heterocycles. The van der Waals surface area contributed by atoms with Gasteiger partial charge in [0.05, 0.1) is 5.92 Å². The van der Waals surface area contributed by atoms with Crippen molar-refractivity contribution in [1.29, 1.82) is 0 Å². The highest BCUT2D eigenvalue weighted by Gasteiger charge is 2.33. The molecule has 1 aliphatic carbocycles. The Morgan fingerprint density at radius 3 is 2.41 bits per heavy atom. The third-order valence-corrected chi connectivity index (χ3v) is 3.94. The van der Waals surface area contributed by atoms with E-state index in [1.165, 1.54) is 7.05 Å². The third kappa shape index (κ3) is 3.23. The Bertz CT molecular complexity index is 592. The van der Waals surface area contributed by atoms with E-state index in [-0.39, 0.29) is 5.91 Å². The summed E-state index contributed by atoms with van der Waals surface area (Å²) in [7, 11) is 1.49. The predicted octanol–water partition coefficient (Wildman–Crippen LogP) is 2.14. The van der Waals surface area contributed by atoms with Gasteiger partial charge in [-0.1, -0.05) is 12.8 Å². The lowest BCUT2D eigenvalue weighted by Crippen LogP contribution is -2.48. The van der Waals surface area contributed by atoms with Crippen molar-refractivity contribution in [3.05, 3.63) is 35.1 Å². The molecule has 0 saturated heterocycles. The minimum atomic E-state index is -1.52. The van der Waals surface area contributed by atoms with Gasteiger partial charge in [-0.25, -0.2) is 13.2 Å². The molecule has 7 heteroatoms. The summed E-state index contributed by atoms with van der Waals surface area (Å²) in [5, 5.41) is 4.97. The average Bonchev–Trinajstić information content (AvgIpc) is 2.51. The molecule has 0 heterocycles. The first-order valence-corrected chi connectivity index (χ1v) is 7.11. The summed E-state index contributed by atoms with van der Waals surface area (Å²) in [6.07, 6.45) is 2.75. The van der Waals surface area contributed by atoms with Crippen LogP contribution in [0, 0.1) is 23.4 Å². The van der Waals surface area contributed by atoms with Crippen molar-refractivity contribution in [2.24, 2.45) is 5.92 Å². The van der Waals surface area contributed by atoms with Gasteiger partial charge in [0.1, 0.15) is 11.4 Å². The molecule has 1 fully saturated rings. The van der Waals surface area contributed by atoms with Crippen LogP contribution in [0.15, 0.2) is 12.1 Å². The van der Waals surface area contributed by atoms with Crippen LogP contribution >= 0.6 is 0 Å². The van der Waals surface area contributed by atoms with Crippen molar-refractivity contribution in [2.45, 2.75) is 31.7 Å². The van der Waals surface area contributed by atoms with Gasteiger partial charge >= 0.3 is 0 Å². The van der Waals surface area contributed by atoms with Crippen molar-refractivity contribution in [2.75, 3.05) is 7.05 Å². The molecule has 1 aromatic carbocycles. The van der Waals surface area contributed by atoms with E-state index in [0.717, 1.165) is 12.8 Å². The van der Waals surface area contributed by atoms with Gasteiger partial charge in [-0.2, -0.15) is 0 Å². The number of hydrogen-bond acceptors (Lipinski definition) is 2. The Hall–Kier alpha value is -2.05. The van der Waals surface area contributed by atoms with Gasteiger partial charge in [0.25, 0.3) is 5.91 Å². The molecule has 120 valence electrons. The second kappa shape index (κ2) is 6.81. The highest BCUT2D eigenvalue weighted by atomic mass is 19.2. The maximum Gasteiger partial charge on any atom is 0.257 e. The van der Waals surface area contributed by atoms with E-state index in [2.05, 4.69) is 10.6 Å². The van der Waals surface area contributed by atoms with Crippen LogP contribution in [0.25, 0.3) is 0 Å². The van der Waals surface area contributed by atoms with Crippen LogP contribution in [0.3, 0.4) is 0 Å². The smallest absolute Gasteiger partial charge is 0.257 e. The standard InChI is InChI=1S/C15H17F3N2O2/c1-19-14(21)8-4-2-3-5-11(8)20-15(22)12-9(16)6-7-10(17)13(12)18/h6-8,11H,2-5H2,1H3,(H,19,21)(H,20,22)/t8-,11+/m1/s1. The van der Waals surface area contributed by atoms with Crippen LogP contribution in [0.5, 0.6) is 0 Å². The SMILES string of the molecule is CNC(=O)[C@@H]1CCCC[C@@H]1NC(=O)c1c(F)ccc(F)c1F. The number of rotatable bonds is 3. The molecule has 4 nitrogen and oxygen atoms in total. The topological polar surface area (TPSA) is 58.2 Å². The predicted molar refractivity (Wildman–Crippen MR) is 73.6 cm³/mol. The van der Waals surface area contributed by atoms with E-state index in [1.807, 2.05) is 0 Å². The summed E-state index contributed by atoms with van der Waals surface area (Å²) in [4.78, 5) is 23.9. The zero-order chi connectivity index (χ0) is 16.3. The Morgan fingerprint density at radius 2 is 1.73 bits per heavy atom. The fourth-order valence-corrected chi connectivity index (χ4v) is 2.78. The second-order valence-corrected chi connectivity index (χ2v) is 5.30. The number of carbonyl (C=O) groups excluding carboxylic acids is 2. The lowest BCUT2D eigenvalue weighted by molar-refractivity contribution is -0.126. The average molecular weight is 314 g/mol. The number of amides is 2. The van der Waals surface area contributed by atoms with E-state index < -0.39 is 40.9 Å². The normalized spacial score (nSPS) is 21.3. The van der Waals surface area contributed by atoms with Crippen LogP contribution in [0.2, 0.25) is 0 Å². The molecule has 22 heavy (non-hydrogen) atoms. The van der Waals surface area contributed by atoms with E-state index in [1.54, 1.807) is 0 Å². The van der Waals surface area contributed by atoms with Crippen LogP contribution in [-0.4, -0.2) is 24.9 Å². The van der Waals surface area contributed by atoms with Gasteiger partial charge in [0.15, 0.2) is 11.6 Å². The van der Waals surface area contributed by atoms with E-state index >= 15 is 0 Å². The Morgan fingerprint density at radius 1 is 1.09 bits per heavy atom. The number of nitrogens with one attached hydrogen (secondary N) is 2. The quantitative estimate of drug-likeness (QED) is 0.840. The first-order chi connectivity index (χ1) is 10.5. The Labute approximate surface area is 126 Å². The molecule has 0 spiro atoms. The Kier molecular flexibility index (Phi) is 5.05. The van der Waals surface area contributed by atoms with Crippen molar-refractivity contribution in [3.63, 3.8) is 0 Å². The van der Waals surface area contributed by atoms with E-state index in [0.29, 0.717) is 25.0 Å². The molecular formula is C15H17F3N2O2. The van der Waals surface area contributed by atoms with Crippen LogP contribution in [0.4, 0.5) is 13.2 Å². The number of halogens is 3. The molecule has 0 bridgehead atoms. The van der Waals surface area contributed by atoms with Gasteiger partial charge in [0, 0.05) is 13.1 Å². The van der Waals surface area contributed by atoms with Crippen molar-refractivity contribution >= 4 is 11.8 Å². The molecule has 1 saturated carbocycles. The van der Waals surface area contributed by atoms with Gasteiger partial charge in [-0.15, -0.1) is 0 Å². The van der Waals surface area contributed by atoms with Gasteiger partial charge in [-0.05, 0) is 25.0 Å². The summed E-state index contributed by atoms with van der Waals surface area (Å²) < 4.78 is 40.4. The second-order valence-electron chi connectivity index (χ2n) is 5.30. The minimum Gasteiger partial charge on any atom is -0.359 e. The van der Waals surface area contributed by atoms with Gasteiger partial charge in [-0.3, -0.25) is 9.59 Å². The molecule has 2 N–H and O–H groups in total. The molecule has 2 atom stereocenters. The summed E-state index contributed by atoms with van der Waals surface area (Å²) in [6, 6.07) is 0.795. The largest absolute Gasteiger partial charge is 0.359 e. The molecular weight excluding hydrogens is 297 g/mol. The van der Waals surface area contributed by atoms with Gasteiger partial charge < -0.3 is 10.6 Å². The van der Waals surface area contributed by atoms with E-state index in [9.17, 15) is 22.8 Å². The van der Waals surface area contributed by atoms with Gasteiger partial charge in [0.2, 0.25) is 5.91 Å². The zero-order valence-corrected chi connectivity index (χ0v) is 12.1. The number of hydrogen-bond donors (Lipinski definition) is 2. The number of benzene rings is 1. The summed E-state index contributed by atoms with van der Waals surface area (Å²) in [5.74, 6) is -5.69. The van der Waals surface area contributed by atoms with Crippen LogP contribution in [-0.2, 0) is 4.79 Å². The highest BCUT2D eigenvalue weighted by Crippen LogP contribution is 2.25. The van der Waals surface area contributed by atoms with Crippen molar-refractivity contribution in [3.8, 4) is 0 Å². The fourth-order valence-electron chi connectivity index (χ4n) is 2.78. The van der Waals surface area contributed by atoms with Crippen LogP contribution < -0.4 is 10.6 Å². The molecule has 2 amide bonds. The van der Waals surface area contributed by atoms with E-state index in [4.69, 9.17) is 0 Å². The maximum absolute atomic E-state index is 13.6. The lowest BCUT2D eigenvalue weighted by Gasteiger charge is -2.30. The van der Waals surface area contributed by atoms with Crippen molar-refractivity contribution in [1.82, 2.24) is 10.6 Å². The van der Waals surface area contributed by atoms with Crippen LogP contribution in [0.1, 0.15) is 36.0 Å².